The number of amides is 1. The number of hydrogen-bond donors (Lipinski definition) is 1. The number of alkyl halides is 3. The fourth-order valence-corrected chi connectivity index (χ4v) is 3.76. The lowest BCUT2D eigenvalue weighted by Gasteiger charge is -2.09. The van der Waals surface area contributed by atoms with Crippen molar-refractivity contribution in [3.63, 3.8) is 0 Å². The highest BCUT2D eigenvalue weighted by Crippen LogP contribution is 2.35. The van der Waals surface area contributed by atoms with E-state index in [1.807, 2.05) is 24.6 Å². The largest absolute Gasteiger partial charge is 0.435 e. The average molecular weight is 397 g/mol. The van der Waals surface area contributed by atoms with Gasteiger partial charge in [0, 0.05) is 30.0 Å². The molecule has 1 aliphatic carbocycles. The maximum absolute atomic E-state index is 13.3. The van der Waals surface area contributed by atoms with Gasteiger partial charge in [0.1, 0.15) is 6.54 Å². The molecule has 9 heteroatoms. The number of halogens is 3. The van der Waals surface area contributed by atoms with E-state index < -0.39 is 11.9 Å². The van der Waals surface area contributed by atoms with E-state index in [0.717, 1.165) is 30.7 Å². The zero-order valence-electron chi connectivity index (χ0n) is 16.3. The molecule has 28 heavy (non-hydrogen) atoms. The number of carbonyl (C=O) groups excluding carboxylic acids is 1. The van der Waals surface area contributed by atoms with E-state index in [0.29, 0.717) is 38.0 Å². The van der Waals surface area contributed by atoms with E-state index in [4.69, 9.17) is 0 Å². The van der Waals surface area contributed by atoms with Crippen molar-refractivity contribution in [3.8, 4) is 0 Å². The normalized spacial score (nSPS) is 14.6. The molecule has 0 aromatic carbocycles. The molecule has 1 aliphatic rings. The van der Waals surface area contributed by atoms with Crippen LogP contribution in [0.2, 0.25) is 0 Å². The molecule has 2 heterocycles. The Bertz CT molecular complexity index is 837. The molecular weight excluding hydrogens is 371 g/mol. The summed E-state index contributed by atoms with van der Waals surface area (Å²) in [7, 11) is 0. The number of aromatic nitrogens is 4. The number of nitrogens with zero attached hydrogens (tertiary/aromatic N) is 4. The molecule has 6 nitrogen and oxygen atoms in total. The van der Waals surface area contributed by atoms with Crippen molar-refractivity contribution in [1.29, 1.82) is 0 Å². The van der Waals surface area contributed by atoms with E-state index in [1.54, 1.807) is 0 Å². The minimum Gasteiger partial charge on any atom is -0.354 e. The van der Waals surface area contributed by atoms with Crippen molar-refractivity contribution in [3.05, 3.63) is 34.4 Å². The minimum atomic E-state index is -4.49. The molecule has 3 rings (SSSR count). The van der Waals surface area contributed by atoms with E-state index in [2.05, 4.69) is 15.5 Å². The van der Waals surface area contributed by atoms with Gasteiger partial charge in [-0.15, -0.1) is 0 Å². The maximum Gasteiger partial charge on any atom is 0.435 e. The summed E-state index contributed by atoms with van der Waals surface area (Å²) in [6, 6.07) is 1.99. The Kier molecular flexibility index (Phi) is 6.10. The molecule has 0 saturated carbocycles. The first-order valence-corrected chi connectivity index (χ1v) is 9.69. The number of carbonyl (C=O) groups is 1. The van der Waals surface area contributed by atoms with Gasteiger partial charge < -0.3 is 5.32 Å². The number of nitrogens with one attached hydrogen (secondary N) is 1. The summed E-state index contributed by atoms with van der Waals surface area (Å²) in [6.45, 7) is 4.83. The third-order valence-corrected chi connectivity index (χ3v) is 5.04. The lowest BCUT2D eigenvalue weighted by Crippen LogP contribution is -2.30. The van der Waals surface area contributed by atoms with Crippen LogP contribution in [0.15, 0.2) is 6.07 Å². The summed E-state index contributed by atoms with van der Waals surface area (Å²) in [4.78, 5) is 12.2. The molecule has 1 N–H and O–H groups in total. The van der Waals surface area contributed by atoms with E-state index in [-0.39, 0.29) is 18.0 Å². The van der Waals surface area contributed by atoms with Crippen LogP contribution >= 0.6 is 0 Å². The third kappa shape index (κ3) is 4.74. The SMILES string of the molecule is Cc1cc(C)n(CCCNC(=O)Cn2nc(C(F)(F)F)c3c2CCCCC3)n1. The second-order valence-electron chi connectivity index (χ2n) is 7.34. The third-order valence-electron chi connectivity index (χ3n) is 5.04. The second kappa shape index (κ2) is 8.36. The lowest BCUT2D eigenvalue weighted by molar-refractivity contribution is -0.142. The van der Waals surface area contributed by atoms with Crippen LogP contribution in [0.25, 0.3) is 0 Å². The highest BCUT2D eigenvalue weighted by molar-refractivity contribution is 5.75. The van der Waals surface area contributed by atoms with Gasteiger partial charge in [0.2, 0.25) is 5.91 Å². The topological polar surface area (TPSA) is 64.7 Å². The fraction of sp³-hybridized carbons (Fsp3) is 0.632. The Labute approximate surface area is 162 Å². The second-order valence-corrected chi connectivity index (χ2v) is 7.34. The summed E-state index contributed by atoms with van der Waals surface area (Å²) in [6.07, 6.45) is -0.461. The van der Waals surface area contributed by atoms with Gasteiger partial charge in [-0.1, -0.05) is 6.42 Å². The van der Waals surface area contributed by atoms with Crippen LogP contribution in [0.1, 0.15) is 54.0 Å². The molecule has 0 atom stereocenters. The van der Waals surface area contributed by atoms with E-state index in [9.17, 15) is 18.0 Å². The van der Waals surface area contributed by atoms with Gasteiger partial charge in [-0.05, 0) is 52.0 Å². The Morgan fingerprint density at radius 3 is 2.57 bits per heavy atom. The first kappa shape index (κ1) is 20.4. The van der Waals surface area contributed by atoms with E-state index in [1.165, 1.54) is 4.68 Å². The first-order chi connectivity index (χ1) is 13.3. The molecule has 0 aliphatic heterocycles. The number of hydrogen-bond acceptors (Lipinski definition) is 3. The van der Waals surface area contributed by atoms with Crippen molar-refractivity contribution in [2.24, 2.45) is 0 Å². The smallest absolute Gasteiger partial charge is 0.354 e. The molecule has 0 fully saturated rings. The summed E-state index contributed by atoms with van der Waals surface area (Å²) in [5, 5.41) is 10.9. The van der Waals surface area contributed by atoms with Gasteiger partial charge in [0.15, 0.2) is 5.69 Å². The van der Waals surface area contributed by atoms with Gasteiger partial charge in [-0.25, -0.2) is 0 Å². The van der Waals surface area contributed by atoms with Gasteiger partial charge in [-0.3, -0.25) is 14.2 Å². The van der Waals surface area contributed by atoms with Crippen LogP contribution in [0.4, 0.5) is 13.2 Å². The molecule has 0 bridgehead atoms. The van der Waals surface area contributed by atoms with Gasteiger partial charge in [0.05, 0.1) is 5.69 Å². The van der Waals surface area contributed by atoms with Crippen LogP contribution in [0.5, 0.6) is 0 Å². The summed E-state index contributed by atoms with van der Waals surface area (Å²) >= 11 is 0. The predicted molar refractivity (Wildman–Crippen MR) is 97.8 cm³/mol. The average Bonchev–Trinajstić information content (AvgIpc) is 3.00. The van der Waals surface area contributed by atoms with Crippen LogP contribution in [-0.2, 0) is 36.9 Å². The van der Waals surface area contributed by atoms with Gasteiger partial charge in [0.25, 0.3) is 0 Å². The highest BCUT2D eigenvalue weighted by atomic mass is 19.4. The van der Waals surface area contributed by atoms with Crippen molar-refractivity contribution >= 4 is 5.91 Å². The monoisotopic (exact) mass is 397 g/mol. The molecule has 0 spiro atoms. The molecule has 2 aromatic heterocycles. The first-order valence-electron chi connectivity index (χ1n) is 9.69. The van der Waals surface area contributed by atoms with Crippen molar-refractivity contribution in [2.75, 3.05) is 6.54 Å². The zero-order valence-corrected chi connectivity index (χ0v) is 16.3. The number of aryl methyl sites for hydroxylation is 3. The molecule has 2 aromatic rings. The van der Waals surface area contributed by atoms with Crippen LogP contribution < -0.4 is 5.32 Å². The quantitative estimate of drug-likeness (QED) is 0.601. The molecule has 0 radical (unpaired) electrons. The summed E-state index contributed by atoms with van der Waals surface area (Å²) < 4.78 is 43.1. The number of rotatable bonds is 6. The van der Waals surface area contributed by atoms with Crippen LogP contribution in [0.3, 0.4) is 0 Å². The summed E-state index contributed by atoms with van der Waals surface area (Å²) in [5.41, 5.74) is 2.00. The van der Waals surface area contributed by atoms with Crippen molar-refractivity contribution in [1.82, 2.24) is 24.9 Å². The fourth-order valence-electron chi connectivity index (χ4n) is 3.76. The standard InChI is InChI=1S/C19H26F3N5O/c1-13-11-14(2)26(24-13)10-6-9-23-17(28)12-27-16-8-5-3-4-7-15(16)18(25-27)19(20,21)22/h11H,3-10,12H2,1-2H3,(H,23,28). The molecule has 0 saturated heterocycles. The molecule has 154 valence electrons. The lowest BCUT2D eigenvalue weighted by atomic mass is 10.1. The Morgan fingerprint density at radius 2 is 1.89 bits per heavy atom. The van der Waals surface area contributed by atoms with Crippen LogP contribution in [0, 0.1) is 13.8 Å². The number of fused-ring (bicyclic) bond motifs is 1. The van der Waals surface area contributed by atoms with Crippen molar-refractivity contribution in [2.45, 2.75) is 71.6 Å². The molecule has 0 unspecified atom stereocenters. The van der Waals surface area contributed by atoms with Crippen LogP contribution in [-0.4, -0.2) is 32.0 Å². The highest BCUT2D eigenvalue weighted by Gasteiger charge is 2.39. The summed E-state index contributed by atoms with van der Waals surface area (Å²) in [5.74, 6) is -0.323. The van der Waals surface area contributed by atoms with Crippen molar-refractivity contribution < 1.29 is 18.0 Å². The maximum atomic E-state index is 13.3. The Hall–Kier alpha value is -2.32. The predicted octanol–water partition coefficient (Wildman–Crippen LogP) is 3.19. The van der Waals surface area contributed by atoms with E-state index >= 15 is 0 Å². The zero-order chi connectivity index (χ0) is 20.3. The van der Waals surface area contributed by atoms with Gasteiger partial charge in [-0.2, -0.15) is 23.4 Å². The Morgan fingerprint density at radius 1 is 1.14 bits per heavy atom. The van der Waals surface area contributed by atoms with Gasteiger partial charge >= 0.3 is 6.18 Å². The minimum absolute atomic E-state index is 0.182. The Balaban J connectivity index is 1.59. The molecular formula is C19H26F3N5O. The molecule has 1 amide bonds.